The van der Waals surface area contributed by atoms with E-state index < -0.39 is 12.1 Å². The lowest BCUT2D eigenvalue weighted by molar-refractivity contribution is 0.225. The summed E-state index contributed by atoms with van der Waals surface area (Å²) in [5, 5.41) is 14.9. The minimum atomic E-state index is -0.463. The number of hydrogen-bond acceptors (Lipinski definition) is 3. The standard InChI is InChI=1S/C18H18N2O3/c1-2-12-23-16-10-8-15(9-11-16)19-18(22)20-17(13-21)14-6-4-3-5-7-14/h1,3-11,17,21H,12-13H2,(H2,19,20,22)/t17-/m1/s1. The number of terminal acetylenes is 1. The van der Waals surface area contributed by atoms with Gasteiger partial charge < -0.3 is 20.5 Å². The molecule has 5 nitrogen and oxygen atoms in total. The fourth-order valence-corrected chi connectivity index (χ4v) is 2.00. The van der Waals surface area contributed by atoms with Gasteiger partial charge >= 0.3 is 6.03 Å². The second-order valence-electron chi connectivity index (χ2n) is 4.76. The van der Waals surface area contributed by atoms with Crippen LogP contribution in [0.25, 0.3) is 0 Å². The molecule has 0 aliphatic rings. The van der Waals surface area contributed by atoms with E-state index in [0.29, 0.717) is 11.4 Å². The number of benzene rings is 2. The number of carbonyl (C=O) groups excluding carboxylic acids is 1. The Bertz CT molecular complexity index is 663. The number of amides is 2. The number of aliphatic hydroxyl groups is 1. The van der Waals surface area contributed by atoms with Crippen molar-refractivity contribution in [2.24, 2.45) is 0 Å². The van der Waals surface area contributed by atoms with Crippen molar-refractivity contribution in [3.8, 4) is 18.1 Å². The van der Waals surface area contributed by atoms with Crippen LogP contribution < -0.4 is 15.4 Å². The summed E-state index contributed by atoms with van der Waals surface area (Å²) in [6.07, 6.45) is 5.12. The lowest BCUT2D eigenvalue weighted by Crippen LogP contribution is -2.34. The number of urea groups is 1. The molecule has 0 aliphatic carbocycles. The average Bonchev–Trinajstić information content (AvgIpc) is 2.60. The van der Waals surface area contributed by atoms with Crippen molar-refractivity contribution in [3.05, 3.63) is 60.2 Å². The van der Waals surface area contributed by atoms with Crippen molar-refractivity contribution in [3.63, 3.8) is 0 Å². The summed E-state index contributed by atoms with van der Waals surface area (Å²) in [6, 6.07) is 15.3. The fourth-order valence-electron chi connectivity index (χ4n) is 2.00. The minimum absolute atomic E-state index is 0.184. The van der Waals surface area contributed by atoms with Crippen molar-refractivity contribution >= 4 is 11.7 Å². The quantitative estimate of drug-likeness (QED) is 0.718. The van der Waals surface area contributed by atoms with Crippen LogP contribution in [-0.2, 0) is 0 Å². The van der Waals surface area contributed by atoms with Crippen LogP contribution in [0.3, 0.4) is 0 Å². The van der Waals surface area contributed by atoms with Gasteiger partial charge in [-0.15, -0.1) is 6.42 Å². The topological polar surface area (TPSA) is 70.6 Å². The molecule has 0 saturated heterocycles. The Morgan fingerprint density at radius 2 is 1.87 bits per heavy atom. The third-order valence-corrected chi connectivity index (χ3v) is 3.12. The lowest BCUT2D eigenvalue weighted by atomic mass is 10.1. The normalized spacial score (nSPS) is 11.1. The van der Waals surface area contributed by atoms with Gasteiger partial charge in [0.2, 0.25) is 0 Å². The molecule has 0 bridgehead atoms. The largest absolute Gasteiger partial charge is 0.481 e. The first-order chi connectivity index (χ1) is 11.2. The summed E-state index contributed by atoms with van der Waals surface area (Å²) < 4.78 is 5.26. The Balaban J connectivity index is 1.92. The van der Waals surface area contributed by atoms with Crippen molar-refractivity contribution < 1.29 is 14.6 Å². The number of ether oxygens (including phenoxy) is 1. The van der Waals surface area contributed by atoms with Gasteiger partial charge in [0, 0.05) is 5.69 Å². The zero-order valence-electron chi connectivity index (χ0n) is 12.5. The maximum Gasteiger partial charge on any atom is 0.319 e. The molecule has 0 aliphatic heterocycles. The molecule has 23 heavy (non-hydrogen) atoms. The van der Waals surface area contributed by atoms with Crippen molar-refractivity contribution in [2.45, 2.75) is 6.04 Å². The Kier molecular flexibility index (Phi) is 6.04. The number of carbonyl (C=O) groups is 1. The molecular formula is C18H18N2O3. The van der Waals surface area contributed by atoms with Crippen LogP contribution in [0.5, 0.6) is 5.75 Å². The number of rotatable bonds is 6. The molecule has 2 aromatic rings. The number of aliphatic hydroxyl groups excluding tert-OH is 1. The van der Waals surface area contributed by atoms with E-state index in [4.69, 9.17) is 11.2 Å². The van der Waals surface area contributed by atoms with Crippen molar-refractivity contribution in [1.82, 2.24) is 5.32 Å². The van der Waals surface area contributed by atoms with E-state index in [2.05, 4.69) is 16.6 Å². The monoisotopic (exact) mass is 310 g/mol. The Morgan fingerprint density at radius 1 is 1.17 bits per heavy atom. The smallest absolute Gasteiger partial charge is 0.319 e. The molecular weight excluding hydrogens is 292 g/mol. The molecule has 118 valence electrons. The second-order valence-corrected chi connectivity index (χ2v) is 4.76. The molecule has 2 aromatic carbocycles. The summed E-state index contributed by atoms with van der Waals surface area (Å²) in [5.41, 5.74) is 1.45. The predicted octanol–water partition coefficient (Wildman–Crippen LogP) is 2.55. The molecule has 2 amide bonds. The molecule has 2 rings (SSSR count). The molecule has 0 heterocycles. The van der Waals surface area contributed by atoms with Gasteiger partial charge in [-0.25, -0.2) is 4.79 Å². The summed E-state index contributed by atoms with van der Waals surface area (Å²) in [7, 11) is 0. The van der Waals surface area contributed by atoms with E-state index in [1.807, 2.05) is 30.3 Å². The molecule has 0 spiro atoms. The van der Waals surface area contributed by atoms with E-state index in [-0.39, 0.29) is 13.2 Å². The van der Waals surface area contributed by atoms with Gasteiger partial charge in [0.05, 0.1) is 12.6 Å². The highest BCUT2D eigenvalue weighted by Gasteiger charge is 2.13. The van der Waals surface area contributed by atoms with Gasteiger partial charge in [-0.2, -0.15) is 0 Å². The molecule has 0 aromatic heterocycles. The first-order valence-corrected chi connectivity index (χ1v) is 7.12. The van der Waals surface area contributed by atoms with Gasteiger partial charge in [-0.3, -0.25) is 0 Å². The van der Waals surface area contributed by atoms with E-state index in [1.165, 1.54) is 0 Å². The van der Waals surface area contributed by atoms with Gasteiger partial charge in [0.1, 0.15) is 12.4 Å². The van der Waals surface area contributed by atoms with Crippen molar-refractivity contribution in [1.29, 1.82) is 0 Å². The Morgan fingerprint density at radius 3 is 2.48 bits per heavy atom. The minimum Gasteiger partial charge on any atom is -0.481 e. The van der Waals surface area contributed by atoms with Crippen LogP contribution in [0.1, 0.15) is 11.6 Å². The van der Waals surface area contributed by atoms with Crippen molar-refractivity contribution in [2.75, 3.05) is 18.5 Å². The van der Waals surface area contributed by atoms with E-state index in [9.17, 15) is 9.90 Å². The molecule has 3 N–H and O–H groups in total. The first-order valence-electron chi connectivity index (χ1n) is 7.12. The number of nitrogens with one attached hydrogen (secondary N) is 2. The molecule has 0 fully saturated rings. The van der Waals surface area contributed by atoms with Crippen LogP contribution in [-0.4, -0.2) is 24.4 Å². The highest BCUT2D eigenvalue weighted by atomic mass is 16.5. The van der Waals surface area contributed by atoms with Gasteiger partial charge in [0.25, 0.3) is 0 Å². The second kappa shape index (κ2) is 8.47. The summed E-state index contributed by atoms with van der Waals surface area (Å²) in [4.78, 5) is 12.0. The predicted molar refractivity (Wildman–Crippen MR) is 89.2 cm³/mol. The maximum absolute atomic E-state index is 12.0. The summed E-state index contributed by atoms with van der Waals surface area (Å²) in [6.45, 7) is 0.0127. The average molecular weight is 310 g/mol. The molecule has 0 saturated carbocycles. The van der Waals surface area contributed by atoms with E-state index in [1.54, 1.807) is 24.3 Å². The third-order valence-electron chi connectivity index (χ3n) is 3.12. The fraction of sp³-hybridized carbons (Fsp3) is 0.167. The van der Waals surface area contributed by atoms with E-state index in [0.717, 1.165) is 5.56 Å². The summed E-state index contributed by atoms with van der Waals surface area (Å²) in [5.74, 6) is 3.01. The van der Waals surface area contributed by atoms with Crippen LogP contribution in [0, 0.1) is 12.3 Å². The van der Waals surface area contributed by atoms with Gasteiger partial charge in [-0.05, 0) is 29.8 Å². The zero-order chi connectivity index (χ0) is 16.5. The van der Waals surface area contributed by atoms with E-state index >= 15 is 0 Å². The number of anilines is 1. The first kappa shape index (κ1) is 16.4. The molecule has 5 heteroatoms. The van der Waals surface area contributed by atoms with Gasteiger partial charge in [0.15, 0.2) is 0 Å². The Labute approximate surface area is 135 Å². The Hall–Kier alpha value is -2.97. The highest BCUT2D eigenvalue weighted by molar-refractivity contribution is 5.89. The number of hydrogen-bond donors (Lipinski definition) is 3. The molecule has 1 atom stereocenters. The van der Waals surface area contributed by atoms with Crippen LogP contribution in [0.15, 0.2) is 54.6 Å². The van der Waals surface area contributed by atoms with Crippen LogP contribution in [0.2, 0.25) is 0 Å². The zero-order valence-corrected chi connectivity index (χ0v) is 12.5. The van der Waals surface area contributed by atoms with Gasteiger partial charge in [-0.1, -0.05) is 36.3 Å². The lowest BCUT2D eigenvalue weighted by Gasteiger charge is -2.17. The molecule has 0 unspecified atom stereocenters. The summed E-state index contributed by atoms with van der Waals surface area (Å²) >= 11 is 0. The van der Waals surface area contributed by atoms with Crippen LogP contribution >= 0.6 is 0 Å². The highest BCUT2D eigenvalue weighted by Crippen LogP contribution is 2.16. The maximum atomic E-state index is 12.0. The van der Waals surface area contributed by atoms with Crippen LogP contribution in [0.4, 0.5) is 10.5 Å². The third kappa shape index (κ3) is 5.06. The molecule has 0 radical (unpaired) electrons. The SMILES string of the molecule is C#CCOc1ccc(NC(=O)N[C@H](CO)c2ccccc2)cc1.